The average Bonchev–Trinajstić information content (AvgIpc) is 2.50. The quantitative estimate of drug-likeness (QED) is 0.490. The van der Waals surface area contributed by atoms with Crippen LogP contribution in [0.25, 0.3) is 0 Å². The van der Waals surface area contributed by atoms with Crippen molar-refractivity contribution in [1.82, 2.24) is 5.32 Å². The van der Waals surface area contributed by atoms with Gasteiger partial charge >= 0.3 is 0 Å². The van der Waals surface area contributed by atoms with Crippen molar-refractivity contribution in [3.63, 3.8) is 0 Å². The molecule has 60 valence electrons. The maximum absolute atomic E-state index is 8.26. The SMILES string of the molecule is N#CCCC=CC1CCCN1. The zero-order valence-corrected chi connectivity index (χ0v) is 6.71. The maximum Gasteiger partial charge on any atom is 0.0624 e. The summed E-state index contributed by atoms with van der Waals surface area (Å²) in [6.45, 7) is 1.15. The Morgan fingerprint density at radius 2 is 2.55 bits per heavy atom. The lowest BCUT2D eigenvalue weighted by atomic mass is 10.2. The Kier molecular flexibility index (Phi) is 3.71. The van der Waals surface area contributed by atoms with E-state index in [4.69, 9.17) is 5.26 Å². The lowest BCUT2D eigenvalue weighted by Crippen LogP contribution is -2.17. The molecule has 0 bridgehead atoms. The van der Waals surface area contributed by atoms with E-state index in [-0.39, 0.29) is 0 Å². The molecule has 0 aliphatic carbocycles. The monoisotopic (exact) mass is 150 g/mol. The van der Waals surface area contributed by atoms with Crippen LogP contribution in [-0.4, -0.2) is 12.6 Å². The van der Waals surface area contributed by atoms with Gasteiger partial charge in [-0.1, -0.05) is 12.2 Å². The van der Waals surface area contributed by atoms with Crippen LogP contribution >= 0.6 is 0 Å². The fraction of sp³-hybridized carbons (Fsp3) is 0.667. The largest absolute Gasteiger partial charge is 0.311 e. The lowest BCUT2D eigenvalue weighted by Gasteiger charge is -2.00. The van der Waals surface area contributed by atoms with Gasteiger partial charge < -0.3 is 5.32 Å². The van der Waals surface area contributed by atoms with Crippen LogP contribution < -0.4 is 5.32 Å². The van der Waals surface area contributed by atoms with Crippen LogP contribution in [0.3, 0.4) is 0 Å². The second kappa shape index (κ2) is 4.92. The molecule has 1 fully saturated rings. The van der Waals surface area contributed by atoms with Gasteiger partial charge in [-0.2, -0.15) is 5.26 Å². The summed E-state index contributed by atoms with van der Waals surface area (Å²) in [7, 11) is 0. The molecule has 1 heterocycles. The molecule has 0 spiro atoms. The molecule has 1 unspecified atom stereocenters. The Morgan fingerprint density at radius 3 is 3.18 bits per heavy atom. The highest BCUT2D eigenvalue weighted by Crippen LogP contribution is 2.06. The van der Waals surface area contributed by atoms with E-state index in [1.807, 2.05) is 0 Å². The van der Waals surface area contributed by atoms with Crippen molar-refractivity contribution in [2.45, 2.75) is 31.7 Å². The molecule has 1 N–H and O–H groups in total. The van der Waals surface area contributed by atoms with Crippen LogP contribution in [0.15, 0.2) is 12.2 Å². The summed E-state index contributed by atoms with van der Waals surface area (Å²) in [5.74, 6) is 0. The van der Waals surface area contributed by atoms with Crippen molar-refractivity contribution in [1.29, 1.82) is 5.26 Å². The predicted molar refractivity (Wildman–Crippen MR) is 45.0 cm³/mol. The first-order valence-electron chi connectivity index (χ1n) is 4.20. The van der Waals surface area contributed by atoms with Crippen molar-refractivity contribution in [3.8, 4) is 6.07 Å². The normalized spacial score (nSPS) is 24.1. The Bertz CT molecular complexity index is 161. The summed E-state index contributed by atoms with van der Waals surface area (Å²) in [6.07, 6.45) is 8.37. The summed E-state index contributed by atoms with van der Waals surface area (Å²) in [6, 6.07) is 2.70. The van der Waals surface area contributed by atoms with Gasteiger partial charge in [0.15, 0.2) is 0 Å². The van der Waals surface area contributed by atoms with Crippen LogP contribution in [-0.2, 0) is 0 Å². The summed E-state index contributed by atoms with van der Waals surface area (Å²) in [5.41, 5.74) is 0. The second-order valence-corrected chi connectivity index (χ2v) is 2.83. The average molecular weight is 150 g/mol. The van der Waals surface area contributed by atoms with Gasteiger partial charge in [0, 0.05) is 12.5 Å². The number of nitrogens with one attached hydrogen (secondary N) is 1. The maximum atomic E-state index is 8.26. The van der Waals surface area contributed by atoms with E-state index in [1.165, 1.54) is 12.8 Å². The van der Waals surface area contributed by atoms with Gasteiger partial charge in [-0.25, -0.2) is 0 Å². The highest BCUT2D eigenvalue weighted by atomic mass is 14.9. The Morgan fingerprint density at radius 1 is 1.64 bits per heavy atom. The third-order valence-electron chi connectivity index (χ3n) is 1.89. The molecular formula is C9H14N2. The minimum atomic E-state index is 0.577. The van der Waals surface area contributed by atoms with Gasteiger partial charge in [0.1, 0.15) is 0 Å². The number of nitrogens with zero attached hydrogens (tertiary/aromatic N) is 1. The summed E-state index contributed by atoms with van der Waals surface area (Å²) in [5, 5.41) is 11.6. The molecule has 0 aromatic rings. The minimum Gasteiger partial charge on any atom is -0.311 e. The fourth-order valence-electron chi connectivity index (χ4n) is 1.28. The number of hydrogen-bond acceptors (Lipinski definition) is 2. The van der Waals surface area contributed by atoms with Gasteiger partial charge in [0.25, 0.3) is 0 Å². The zero-order valence-electron chi connectivity index (χ0n) is 6.71. The first-order valence-corrected chi connectivity index (χ1v) is 4.20. The molecule has 1 rings (SSSR count). The summed E-state index contributed by atoms with van der Waals surface area (Å²) < 4.78 is 0. The molecule has 0 radical (unpaired) electrons. The van der Waals surface area contributed by atoms with Crippen LogP contribution in [0.1, 0.15) is 25.7 Å². The van der Waals surface area contributed by atoms with Crippen molar-refractivity contribution in [2.24, 2.45) is 0 Å². The number of unbranched alkanes of at least 4 members (excludes halogenated alkanes) is 1. The van der Waals surface area contributed by atoms with Gasteiger partial charge in [-0.15, -0.1) is 0 Å². The minimum absolute atomic E-state index is 0.577. The summed E-state index contributed by atoms with van der Waals surface area (Å²) >= 11 is 0. The first kappa shape index (κ1) is 8.29. The topological polar surface area (TPSA) is 35.8 Å². The fourth-order valence-corrected chi connectivity index (χ4v) is 1.28. The molecule has 11 heavy (non-hydrogen) atoms. The smallest absolute Gasteiger partial charge is 0.0624 e. The van der Waals surface area contributed by atoms with Gasteiger partial charge in [-0.05, 0) is 25.8 Å². The molecule has 2 heteroatoms. The van der Waals surface area contributed by atoms with E-state index in [0.717, 1.165) is 13.0 Å². The molecule has 0 aromatic heterocycles. The Hall–Kier alpha value is -0.810. The third kappa shape index (κ3) is 3.20. The van der Waals surface area contributed by atoms with E-state index in [0.29, 0.717) is 12.5 Å². The van der Waals surface area contributed by atoms with E-state index < -0.39 is 0 Å². The van der Waals surface area contributed by atoms with Crippen LogP contribution in [0, 0.1) is 11.3 Å². The summed E-state index contributed by atoms with van der Waals surface area (Å²) in [4.78, 5) is 0. The lowest BCUT2D eigenvalue weighted by molar-refractivity contribution is 0.724. The molecule has 1 saturated heterocycles. The van der Waals surface area contributed by atoms with Gasteiger partial charge in [0.2, 0.25) is 0 Å². The second-order valence-electron chi connectivity index (χ2n) is 2.83. The van der Waals surface area contributed by atoms with Crippen molar-refractivity contribution in [2.75, 3.05) is 6.54 Å². The number of allylic oxidation sites excluding steroid dienone is 1. The highest BCUT2D eigenvalue weighted by molar-refractivity contribution is 4.96. The molecule has 2 nitrogen and oxygen atoms in total. The van der Waals surface area contributed by atoms with E-state index in [2.05, 4.69) is 23.5 Å². The van der Waals surface area contributed by atoms with E-state index in [9.17, 15) is 0 Å². The molecule has 0 aromatic carbocycles. The third-order valence-corrected chi connectivity index (χ3v) is 1.89. The van der Waals surface area contributed by atoms with Crippen LogP contribution in [0.4, 0.5) is 0 Å². The number of hydrogen-bond donors (Lipinski definition) is 1. The van der Waals surface area contributed by atoms with Gasteiger partial charge in [0.05, 0.1) is 6.07 Å². The Balaban J connectivity index is 2.09. The molecule has 1 aliphatic rings. The standard InChI is InChI=1S/C9H14N2/c10-7-3-1-2-5-9-6-4-8-11-9/h2,5,9,11H,1,3-4,6,8H2. The predicted octanol–water partition coefficient (Wildman–Crippen LogP) is 1.60. The molecule has 0 saturated carbocycles. The number of nitriles is 1. The highest BCUT2D eigenvalue weighted by Gasteiger charge is 2.08. The molecule has 1 aliphatic heterocycles. The van der Waals surface area contributed by atoms with Gasteiger partial charge in [-0.3, -0.25) is 0 Å². The van der Waals surface area contributed by atoms with Crippen molar-refractivity contribution in [3.05, 3.63) is 12.2 Å². The zero-order chi connectivity index (χ0) is 7.94. The molecule has 1 atom stereocenters. The first-order chi connectivity index (χ1) is 5.43. The molecular weight excluding hydrogens is 136 g/mol. The van der Waals surface area contributed by atoms with Crippen molar-refractivity contribution < 1.29 is 0 Å². The van der Waals surface area contributed by atoms with Crippen LogP contribution in [0.5, 0.6) is 0 Å². The van der Waals surface area contributed by atoms with E-state index >= 15 is 0 Å². The molecule has 0 amide bonds. The Labute approximate surface area is 67.9 Å². The van der Waals surface area contributed by atoms with E-state index in [1.54, 1.807) is 0 Å². The van der Waals surface area contributed by atoms with Crippen molar-refractivity contribution >= 4 is 0 Å². The number of rotatable bonds is 3. The van der Waals surface area contributed by atoms with Crippen LogP contribution in [0.2, 0.25) is 0 Å².